The first-order valence-corrected chi connectivity index (χ1v) is 9.78. The van der Waals surface area contributed by atoms with Gasteiger partial charge in [0.05, 0.1) is 4.90 Å². The highest BCUT2D eigenvalue weighted by Crippen LogP contribution is 2.36. The van der Waals surface area contributed by atoms with Crippen LogP contribution < -0.4 is 10.0 Å². The van der Waals surface area contributed by atoms with E-state index in [9.17, 15) is 8.42 Å². The molecule has 0 aromatic carbocycles. The second kappa shape index (κ2) is 5.75. The SMILES string of the molecule is CCCC1CC1NS(=O)(=O)c1csc(CNC2CC2)c1. The third-order valence-corrected chi connectivity index (χ3v) is 6.53. The fourth-order valence-corrected chi connectivity index (χ4v) is 5.02. The molecule has 4 nitrogen and oxygen atoms in total. The number of thiophene rings is 1. The first kappa shape index (κ1) is 14.5. The van der Waals surface area contributed by atoms with E-state index in [2.05, 4.69) is 17.0 Å². The molecule has 1 aromatic rings. The van der Waals surface area contributed by atoms with E-state index in [-0.39, 0.29) is 6.04 Å². The minimum atomic E-state index is -3.32. The van der Waals surface area contributed by atoms with Crippen molar-refractivity contribution in [1.29, 1.82) is 0 Å². The Hall–Kier alpha value is -0.430. The second-order valence-corrected chi connectivity index (χ2v) is 8.63. The number of rotatable bonds is 8. The summed E-state index contributed by atoms with van der Waals surface area (Å²) in [7, 11) is -3.32. The maximum Gasteiger partial charge on any atom is 0.241 e. The normalized spacial score (nSPS) is 25.9. The van der Waals surface area contributed by atoms with Crippen molar-refractivity contribution in [2.24, 2.45) is 5.92 Å². The van der Waals surface area contributed by atoms with Gasteiger partial charge in [-0.25, -0.2) is 13.1 Å². The highest BCUT2D eigenvalue weighted by Gasteiger charge is 2.39. The van der Waals surface area contributed by atoms with Gasteiger partial charge < -0.3 is 5.32 Å². The van der Waals surface area contributed by atoms with Crippen molar-refractivity contribution in [3.8, 4) is 0 Å². The Bertz CT molecular complexity index is 563. The Kier molecular flexibility index (Phi) is 4.17. The van der Waals surface area contributed by atoms with Crippen LogP contribution in [0.4, 0.5) is 0 Å². The van der Waals surface area contributed by atoms with Gasteiger partial charge >= 0.3 is 0 Å². The van der Waals surface area contributed by atoms with Gasteiger partial charge in [-0.2, -0.15) is 0 Å². The molecule has 2 N–H and O–H groups in total. The van der Waals surface area contributed by atoms with Crippen molar-refractivity contribution in [3.63, 3.8) is 0 Å². The molecule has 0 saturated heterocycles. The van der Waals surface area contributed by atoms with Crippen LogP contribution in [-0.2, 0) is 16.6 Å². The van der Waals surface area contributed by atoms with Crippen molar-refractivity contribution < 1.29 is 8.42 Å². The van der Waals surface area contributed by atoms with Crippen molar-refractivity contribution in [2.45, 2.75) is 62.6 Å². The van der Waals surface area contributed by atoms with Gasteiger partial charge in [-0.1, -0.05) is 13.3 Å². The van der Waals surface area contributed by atoms with E-state index in [4.69, 9.17) is 0 Å². The van der Waals surface area contributed by atoms with Crippen LogP contribution >= 0.6 is 11.3 Å². The van der Waals surface area contributed by atoms with Crippen molar-refractivity contribution in [1.82, 2.24) is 10.0 Å². The summed E-state index contributed by atoms with van der Waals surface area (Å²) in [5, 5.41) is 5.16. The number of sulfonamides is 1. The molecule has 3 rings (SSSR count). The Labute approximate surface area is 125 Å². The van der Waals surface area contributed by atoms with Gasteiger partial charge in [0.15, 0.2) is 0 Å². The lowest BCUT2D eigenvalue weighted by atomic mass is 10.2. The molecule has 6 heteroatoms. The highest BCUT2D eigenvalue weighted by molar-refractivity contribution is 7.89. The molecule has 0 spiro atoms. The van der Waals surface area contributed by atoms with Gasteiger partial charge in [-0.15, -0.1) is 11.3 Å². The van der Waals surface area contributed by atoms with Crippen LogP contribution in [0.1, 0.15) is 43.9 Å². The number of hydrogen-bond donors (Lipinski definition) is 2. The predicted molar refractivity (Wildman–Crippen MR) is 81.3 cm³/mol. The van der Waals surface area contributed by atoms with E-state index in [1.807, 2.05) is 0 Å². The lowest BCUT2D eigenvalue weighted by molar-refractivity contribution is 0.573. The molecule has 1 aromatic heterocycles. The zero-order valence-electron chi connectivity index (χ0n) is 11.8. The third-order valence-electron chi connectivity index (χ3n) is 3.97. The fourth-order valence-electron chi connectivity index (χ4n) is 2.48. The Morgan fingerprint density at radius 3 is 2.90 bits per heavy atom. The molecule has 2 unspecified atom stereocenters. The predicted octanol–water partition coefficient (Wildman–Crippen LogP) is 2.47. The molecule has 0 amide bonds. The van der Waals surface area contributed by atoms with E-state index >= 15 is 0 Å². The maximum absolute atomic E-state index is 12.3. The van der Waals surface area contributed by atoms with Crippen LogP contribution in [-0.4, -0.2) is 20.5 Å². The molecule has 2 saturated carbocycles. The van der Waals surface area contributed by atoms with Crippen LogP contribution in [0.15, 0.2) is 16.3 Å². The maximum atomic E-state index is 12.3. The minimum absolute atomic E-state index is 0.160. The van der Waals surface area contributed by atoms with Gasteiger partial charge in [-0.3, -0.25) is 0 Å². The highest BCUT2D eigenvalue weighted by atomic mass is 32.2. The van der Waals surface area contributed by atoms with Gasteiger partial charge in [0.25, 0.3) is 0 Å². The smallest absolute Gasteiger partial charge is 0.241 e. The largest absolute Gasteiger partial charge is 0.309 e. The summed E-state index contributed by atoms with van der Waals surface area (Å²) < 4.78 is 27.4. The van der Waals surface area contributed by atoms with Crippen molar-refractivity contribution >= 4 is 21.4 Å². The van der Waals surface area contributed by atoms with Crippen LogP contribution in [0.2, 0.25) is 0 Å². The van der Waals surface area contributed by atoms with Gasteiger partial charge in [-0.05, 0) is 37.7 Å². The van der Waals surface area contributed by atoms with E-state index in [1.165, 1.54) is 24.2 Å². The monoisotopic (exact) mass is 314 g/mol. The first-order chi connectivity index (χ1) is 9.58. The lowest BCUT2D eigenvalue weighted by Crippen LogP contribution is -2.26. The van der Waals surface area contributed by atoms with Gasteiger partial charge in [0, 0.05) is 28.9 Å². The fraction of sp³-hybridized carbons (Fsp3) is 0.714. The van der Waals surface area contributed by atoms with Crippen molar-refractivity contribution in [2.75, 3.05) is 0 Å². The molecular weight excluding hydrogens is 292 g/mol. The molecule has 2 aliphatic rings. The standard InChI is InChI=1S/C14H22N2O2S2/c1-2-3-10-6-14(10)16-20(17,18)13-7-12(19-9-13)8-15-11-4-5-11/h7,9-11,14-16H,2-6,8H2,1H3. The van der Waals surface area contributed by atoms with Crippen LogP contribution in [0.3, 0.4) is 0 Å². The molecule has 2 fully saturated rings. The minimum Gasteiger partial charge on any atom is -0.309 e. The number of nitrogens with one attached hydrogen (secondary N) is 2. The van der Waals surface area contributed by atoms with E-state index in [0.717, 1.165) is 30.7 Å². The average molecular weight is 314 g/mol. The quantitative estimate of drug-likeness (QED) is 0.775. The zero-order chi connectivity index (χ0) is 14.2. The summed E-state index contributed by atoms with van der Waals surface area (Å²) in [4.78, 5) is 1.52. The second-order valence-electron chi connectivity index (χ2n) is 5.92. The average Bonchev–Trinajstić information content (AvgIpc) is 3.29. The summed E-state index contributed by atoms with van der Waals surface area (Å²) in [6.45, 7) is 2.93. The summed E-state index contributed by atoms with van der Waals surface area (Å²) in [5.74, 6) is 0.546. The van der Waals surface area contributed by atoms with Gasteiger partial charge in [0.1, 0.15) is 0 Å². The summed E-state index contributed by atoms with van der Waals surface area (Å²) >= 11 is 1.52. The molecule has 20 heavy (non-hydrogen) atoms. The summed E-state index contributed by atoms with van der Waals surface area (Å²) in [5.41, 5.74) is 0. The number of hydrogen-bond acceptors (Lipinski definition) is 4. The molecule has 1 heterocycles. The van der Waals surface area contributed by atoms with E-state index < -0.39 is 10.0 Å². The molecule has 0 bridgehead atoms. The summed E-state index contributed by atoms with van der Waals surface area (Å²) in [6.07, 6.45) is 5.73. The van der Waals surface area contributed by atoms with Crippen LogP contribution in [0, 0.1) is 5.92 Å². The molecule has 2 aliphatic carbocycles. The van der Waals surface area contributed by atoms with Crippen LogP contribution in [0.5, 0.6) is 0 Å². The van der Waals surface area contributed by atoms with E-state index in [0.29, 0.717) is 16.9 Å². The van der Waals surface area contributed by atoms with E-state index in [1.54, 1.807) is 11.4 Å². The molecule has 112 valence electrons. The van der Waals surface area contributed by atoms with Gasteiger partial charge in [0.2, 0.25) is 10.0 Å². The molecule has 0 radical (unpaired) electrons. The lowest BCUT2D eigenvalue weighted by Gasteiger charge is -2.04. The Morgan fingerprint density at radius 2 is 2.20 bits per heavy atom. The topological polar surface area (TPSA) is 58.2 Å². The summed E-state index contributed by atoms with van der Waals surface area (Å²) in [6, 6.07) is 2.61. The van der Waals surface area contributed by atoms with Crippen molar-refractivity contribution in [3.05, 3.63) is 16.3 Å². The van der Waals surface area contributed by atoms with Crippen LogP contribution in [0.25, 0.3) is 0 Å². The molecule has 0 aliphatic heterocycles. The first-order valence-electron chi connectivity index (χ1n) is 7.41. The Morgan fingerprint density at radius 1 is 1.40 bits per heavy atom. The third kappa shape index (κ3) is 3.61. The molecule has 2 atom stereocenters. The molecular formula is C14H22N2O2S2. The zero-order valence-corrected chi connectivity index (χ0v) is 13.4. The Balaban J connectivity index is 1.56.